The minimum atomic E-state index is 0.563. The molecule has 0 radical (unpaired) electrons. The first-order chi connectivity index (χ1) is 13.7. The Morgan fingerprint density at radius 2 is 1.82 bits per heavy atom. The minimum absolute atomic E-state index is 0.563. The number of rotatable bonds is 9. The average molecular weight is 378 g/mol. The van der Waals surface area contributed by atoms with Gasteiger partial charge in [0.2, 0.25) is 0 Å². The Labute approximate surface area is 166 Å². The molecular weight excluding hydrogens is 352 g/mol. The molecule has 0 fully saturated rings. The molecule has 1 aromatic heterocycles. The number of aryl methyl sites for hydroxylation is 3. The van der Waals surface area contributed by atoms with Crippen molar-refractivity contribution in [2.75, 3.05) is 13.2 Å². The van der Waals surface area contributed by atoms with Crippen LogP contribution in [0.2, 0.25) is 0 Å². The van der Waals surface area contributed by atoms with Crippen LogP contribution >= 0.6 is 0 Å². The van der Waals surface area contributed by atoms with Crippen molar-refractivity contribution in [1.82, 2.24) is 5.16 Å². The Hall–Kier alpha value is -3.08. The van der Waals surface area contributed by atoms with Gasteiger partial charge >= 0.3 is 0 Å². The number of nitrogens with zero attached hydrogens (tertiary/aromatic N) is 2. The van der Waals surface area contributed by atoms with Gasteiger partial charge in [0.05, 0.1) is 12.8 Å². The van der Waals surface area contributed by atoms with Crippen LogP contribution in [0.3, 0.4) is 0 Å². The average Bonchev–Trinajstić information content (AvgIpc) is 3.17. The van der Waals surface area contributed by atoms with Crippen LogP contribution in [-0.4, -0.2) is 24.6 Å². The van der Waals surface area contributed by atoms with E-state index in [1.54, 1.807) is 6.21 Å². The van der Waals surface area contributed by atoms with E-state index < -0.39 is 0 Å². The number of aromatic nitrogens is 1. The van der Waals surface area contributed by atoms with Gasteiger partial charge in [-0.15, -0.1) is 0 Å². The molecule has 1 heterocycles. The summed E-state index contributed by atoms with van der Waals surface area (Å²) in [5.74, 6) is 1.80. The molecule has 0 aliphatic carbocycles. The Bertz CT molecular complexity index is 894. The smallest absolute Gasteiger partial charge is 0.137 e. The quantitative estimate of drug-likeness (QED) is 0.286. The van der Waals surface area contributed by atoms with Crippen molar-refractivity contribution in [3.63, 3.8) is 0 Å². The molecule has 5 nitrogen and oxygen atoms in total. The van der Waals surface area contributed by atoms with Gasteiger partial charge in [0.1, 0.15) is 23.8 Å². The predicted octanol–water partition coefficient (Wildman–Crippen LogP) is 5.34. The highest BCUT2D eigenvalue weighted by Gasteiger charge is 2.08. The number of hydrogen-bond acceptors (Lipinski definition) is 5. The lowest BCUT2D eigenvalue weighted by atomic mass is 10.1. The lowest BCUT2D eigenvalue weighted by Gasteiger charge is -2.12. The molecule has 0 aliphatic rings. The van der Waals surface area contributed by atoms with E-state index in [1.165, 1.54) is 0 Å². The second-order valence-corrected chi connectivity index (χ2v) is 6.63. The summed E-state index contributed by atoms with van der Waals surface area (Å²) in [5.41, 5.74) is 5.11. The summed E-state index contributed by atoms with van der Waals surface area (Å²) >= 11 is 0. The number of benzene rings is 2. The monoisotopic (exact) mass is 378 g/mol. The van der Waals surface area contributed by atoms with Crippen LogP contribution in [0, 0.1) is 13.8 Å². The van der Waals surface area contributed by atoms with E-state index in [4.69, 9.17) is 14.1 Å². The van der Waals surface area contributed by atoms with Crippen molar-refractivity contribution in [2.45, 2.75) is 33.6 Å². The SMILES string of the molecule is CCON=Cc1cc(C)c(OCCCc2cc(-c3ccccc3)no2)c(C)c1. The lowest BCUT2D eigenvalue weighted by molar-refractivity contribution is 0.160. The summed E-state index contributed by atoms with van der Waals surface area (Å²) in [7, 11) is 0. The Balaban J connectivity index is 1.52. The van der Waals surface area contributed by atoms with Crippen LogP contribution in [-0.2, 0) is 11.3 Å². The molecule has 0 unspecified atom stereocenters. The summed E-state index contributed by atoms with van der Waals surface area (Å²) < 4.78 is 11.5. The maximum absolute atomic E-state index is 6.02. The molecule has 28 heavy (non-hydrogen) atoms. The summed E-state index contributed by atoms with van der Waals surface area (Å²) in [6.07, 6.45) is 3.37. The van der Waals surface area contributed by atoms with Crippen LogP contribution in [0.15, 0.2) is 58.2 Å². The topological polar surface area (TPSA) is 56.9 Å². The number of hydrogen-bond donors (Lipinski definition) is 0. The zero-order valence-corrected chi connectivity index (χ0v) is 16.6. The fraction of sp³-hybridized carbons (Fsp3) is 0.304. The second kappa shape index (κ2) is 9.74. The van der Waals surface area contributed by atoms with Crippen molar-refractivity contribution in [1.29, 1.82) is 0 Å². The maximum Gasteiger partial charge on any atom is 0.137 e. The molecule has 0 saturated heterocycles. The molecule has 0 aliphatic heterocycles. The predicted molar refractivity (Wildman–Crippen MR) is 111 cm³/mol. The zero-order chi connectivity index (χ0) is 19.8. The van der Waals surface area contributed by atoms with Crippen molar-refractivity contribution >= 4 is 6.21 Å². The van der Waals surface area contributed by atoms with E-state index in [2.05, 4.69) is 10.3 Å². The second-order valence-electron chi connectivity index (χ2n) is 6.63. The molecule has 146 valence electrons. The molecule has 0 atom stereocenters. The maximum atomic E-state index is 6.02. The summed E-state index contributed by atoms with van der Waals surface area (Å²) in [6.45, 7) is 7.18. The van der Waals surface area contributed by atoms with Gasteiger partial charge in [0.15, 0.2) is 0 Å². The molecule has 0 spiro atoms. The molecule has 3 aromatic rings. The van der Waals surface area contributed by atoms with Crippen LogP contribution in [0.5, 0.6) is 5.75 Å². The first-order valence-electron chi connectivity index (χ1n) is 9.57. The minimum Gasteiger partial charge on any atom is -0.493 e. The first-order valence-corrected chi connectivity index (χ1v) is 9.57. The third-order valence-electron chi connectivity index (χ3n) is 4.33. The molecule has 0 bridgehead atoms. The van der Waals surface area contributed by atoms with Gasteiger partial charge in [-0.2, -0.15) is 0 Å². The van der Waals surface area contributed by atoms with Crippen molar-refractivity contribution in [3.05, 3.63) is 71.0 Å². The Morgan fingerprint density at radius 1 is 1.07 bits per heavy atom. The molecule has 2 aromatic carbocycles. The molecule has 5 heteroatoms. The van der Waals surface area contributed by atoms with Gasteiger partial charge in [-0.1, -0.05) is 40.6 Å². The van der Waals surface area contributed by atoms with Crippen LogP contribution in [0.1, 0.15) is 35.8 Å². The molecule has 0 N–H and O–H groups in total. The largest absolute Gasteiger partial charge is 0.493 e. The van der Waals surface area contributed by atoms with Gasteiger partial charge in [0, 0.05) is 18.1 Å². The molecular formula is C23H26N2O3. The van der Waals surface area contributed by atoms with Gasteiger partial charge < -0.3 is 14.1 Å². The summed E-state index contributed by atoms with van der Waals surface area (Å²) in [6, 6.07) is 16.1. The van der Waals surface area contributed by atoms with E-state index in [1.807, 2.05) is 69.3 Å². The number of oxime groups is 1. The fourth-order valence-corrected chi connectivity index (χ4v) is 3.06. The van der Waals surface area contributed by atoms with Gasteiger partial charge in [-0.05, 0) is 56.0 Å². The molecule has 0 saturated carbocycles. The highest BCUT2D eigenvalue weighted by molar-refractivity contribution is 5.80. The van der Waals surface area contributed by atoms with E-state index in [0.717, 1.165) is 52.3 Å². The van der Waals surface area contributed by atoms with Crippen LogP contribution in [0.4, 0.5) is 0 Å². The van der Waals surface area contributed by atoms with Crippen LogP contribution < -0.4 is 4.74 Å². The van der Waals surface area contributed by atoms with Crippen LogP contribution in [0.25, 0.3) is 11.3 Å². The standard InChI is InChI=1S/C23H26N2O3/c1-4-27-24-16-19-13-17(2)23(18(3)14-19)26-12-8-11-21-15-22(25-28-21)20-9-6-5-7-10-20/h5-7,9-10,13-16H,4,8,11-12H2,1-3H3. The number of ether oxygens (including phenoxy) is 1. The van der Waals surface area contributed by atoms with E-state index in [9.17, 15) is 0 Å². The normalized spacial score (nSPS) is 11.1. The van der Waals surface area contributed by atoms with Crippen molar-refractivity contribution < 1.29 is 14.1 Å². The van der Waals surface area contributed by atoms with Crippen molar-refractivity contribution in [3.8, 4) is 17.0 Å². The third kappa shape index (κ3) is 5.22. The zero-order valence-electron chi connectivity index (χ0n) is 16.6. The van der Waals surface area contributed by atoms with E-state index in [-0.39, 0.29) is 0 Å². The van der Waals surface area contributed by atoms with E-state index >= 15 is 0 Å². The van der Waals surface area contributed by atoms with Gasteiger partial charge in [-0.3, -0.25) is 0 Å². The van der Waals surface area contributed by atoms with Crippen molar-refractivity contribution in [2.24, 2.45) is 5.16 Å². The fourth-order valence-electron chi connectivity index (χ4n) is 3.06. The molecule has 3 rings (SSSR count). The van der Waals surface area contributed by atoms with E-state index in [0.29, 0.717) is 13.2 Å². The molecule has 0 amide bonds. The summed E-state index contributed by atoms with van der Waals surface area (Å²) in [4.78, 5) is 5.02. The third-order valence-corrected chi connectivity index (χ3v) is 4.33. The Kier molecular flexibility index (Phi) is 6.84. The van der Waals surface area contributed by atoms with Gasteiger partial charge in [0.25, 0.3) is 0 Å². The van der Waals surface area contributed by atoms with Gasteiger partial charge in [-0.25, -0.2) is 0 Å². The highest BCUT2D eigenvalue weighted by atomic mass is 16.6. The highest BCUT2D eigenvalue weighted by Crippen LogP contribution is 2.25. The summed E-state index contributed by atoms with van der Waals surface area (Å²) in [5, 5.41) is 8.08. The first kappa shape index (κ1) is 19.7. The Morgan fingerprint density at radius 3 is 2.54 bits per heavy atom. The lowest BCUT2D eigenvalue weighted by Crippen LogP contribution is -2.03.